The fourth-order valence-corrected chi connectivity index (χ4v) is 1.67. The first kappa shape index (κ1) is 16.7. The van der Waals surface area contributed by atoms with Gasteiger partial charge in [0.05, 0.1) is 5.56 Å². The molecule has 0 heterocycles. The van der Waals surface area contributed by atoms with Crippen molar-refractivity contribution in [1.29, 1.82) is 0 Å². The van der Waals surface area contributed by atoms with Gasteiger partial charge in [-0.25, -0.2) is 9.59 Å². The average molecular weight is 292 g/mol. The Balaban J connectivity index is 2.68. The molecule has 1 aromatic carbocycles. The summed E-state index contributed by atoms with van der Waals surface area (Å²) in [7, 11) is 0. The first-order valence-corrected chi connectivity index (χ1v) is 6.72. The Labute approximate surface area is 123 Å². The second-order valence-corrected chi connectivity index (χ2v) is 4.64. The van der Waals surface area contributed by atoms with Crippen molar-refractivity contribution in [2.75, 3.05) is 6.54 Å². The fraction of sp³-hybridized carbons (Fsp3) is 0.400. The molecule has 0 aromatic heterocycles. The molecule has 0 saturated heterocycles. The average Bonchev–Trinajstić information content (AvgIpc) is 2.41. The Morgan fingerprint density at radius 2 is 1.90 bits per heavy atom. The number of rotatable bonds is 4. The predicted molar refractivity (Wildman–Crippen MR) is 78.0 cm³/mol. The molecule has 0 aliphatic carbocycles. The van der Waals surface area contributed by atoms with Crippen molar-refractivity contribution in [3.8, 4) is 0 Å². The van der Waals surface area contributed by atoms with Gasteiger partial charge in [0.2, 0.25) is 0 Å². The van der Waals surface area contributed by atoms with Gasteiger partial charge in [0.25, 0.3) is 5.91 Å². The van der Waals surface area contributed by atoms with E-state index in [1.54, 1.807) is 19.1 Å². The summed E-state index contributed by atoms with van der Waals surface area (Å²) in [6, 6.07) is 4.66. The monoisotopic (exact) mass is 292 g/mol. The molecule has 3 amide bonds. The molecule has 0 saturated carbocycles. The quantitative estimate of drug-likeness (QED) is 0.827. The van der Waals surface area contributed by atoms with Gasteiger partial charge in [0.1, 0.15) is 0 Å². The number of benzene rings is 1. The lowest BCUT2D eigenvalue weighted by molar-refractivity contribution is -0.127. The van der Waals surface area contributed by atoms with Crippen molar-refractivity contribution in [3.63, 3.8) is 0 Å². The zero-order chi connectivity index (χ0) is 16.0. The summed E-state index contributed by atoms with van der Waals surface area (Å²) in [5, 5.41) is 4.52. The first-order valence-electron chi connectivity index (χ1n) is 6.72. The molecule has 0 unspecified atom stereocenters. The third kappa shape index (κ3) is 4.59. The van der Waals surface area contributed by atoms with Crippen LogP contribution in [0.5, 0.6) is 0 Å². The maximum absolute atomic E-state index is 12.0. The summed E-state index contributed by atoms with van der Waals surface area (Å²) in [6.07, 6.45) is -1.06. The number of nitrogens with one attached hydrogen (secondary N) is 2. The van der Waals surface area contributed by atoms with E-state index in [9.17, 15) is 14.4 Å². The topological polar surface area (TPSA) is 84.5 Å². The highest BCUT2D eigenvalue weighted by atomic mass is 16.5. The smallest absolute Gasteiger partial charge is 0.339 e. The molecule has 0 spiro atoms. The van der Waals surface area contributed by atoms with Crippen molar-refractivity contribution in [3.05, 3.63) is 34.9 Å². The number of amides is 3. The van der Waals surface area contributed by atoms with E-state index in [-0.39, 0.29) is 0 Å². The molecule has 1 atom stereocenters. The number of aryl methyl sites for hydroxylation is 1. The van der Waals surface area contributed by atoms with Crippen molar-refractivity contribution in [2.24, 2.45) is 0 Å². The predicted octanol–water partition coefficient (Wildman–Crippen LogP) is 1.69. The number of hydrogen-bond acceptors (Lipinski definition) is 4. The van der Waals surface area contributed by atoms with Crippen LogP contribution in [0.3, 0.4) is 0 Å². The van der Waals surface area contributed by atoms with E-state index in [1.165, 1.54) is 6.92 Å². The van der Waals surface area contributed by atoms with Crippen LogP contribution >= 0.6 is 0 Å². The molecule has 2 N–H and O–H groups in total. The second-order valence-electron chi connectivity index (χ2n) is 4.64. The van der Waals surface area contributed by atoms with Crippen LogP contribution in [0.2, 0.25) is 0 Å². The maximum Gasteiger partial charge on any atom is 0.339 e. The highest BCUT2D eigenvalue weighted by molar-refractivity contribution is 5.98. The standard InChI is InChI=1S/C15H20N2O4/c1-5-16-15(20)17-13(18)11(4)21-14(19)12-8-6-7-9(2)10(12)3/h6-8,11H,5H2,1-4H3,(H2,16,17,18,20)/t11-/m0/s1. The van der Waals surface area contributed by atoms with E-state index in [4.69, 9.17) is 4.74 Å². The number of carbonyl (C=O) groups excluding carboxylic acids is 3. The lowest BCUT2D eigenvalue weighted by Crippen LogP contribution is -2.44. The molecule has 114 valence electrons. The number of hydrogen-bond donors (Lipinski definition) is 2. The van der Waals surface area contributed by atoms with Gasteiger partial charge < -0.3 is 10.1 Å². The van der Waals surface area contributed by atoms with Crippen LogP contribution in [0.1, 0.15) is 35.3 Å². The van der Waals surface area contributed by atoms with Crippen LogP contribution in [0.15, 0.2) is 18.2 Å². The maximum atomic E-state index is 12.0. The minimum atomic E-state index is -1.06. The van der Waals surface area contributed by atoms with E-state index in [0.29, 0.717) is 12.1 Å². The SMILES string of the molecule is CCNC(=O)NC(=O)[C@H](C)OC(=O)c1cccc(C)c1C. The van der Waals surface area contributed by atoms with E-state index in [2.05, 4.69) is 10.6 Å². The number of ether oxygens (including phenoxy) is 1. The van der Waals surface area contributed by atoms with Gasteiger partial charge in [-0.05, 0) is 44.9 Å². The van der Waals surface area contributed by atoms with Gasteiger partial charge in [-0.3, -0.25) is 10.1 Å². The highest BCUT2D eigenvalue weighted by Crippen LogP contribution is 2.14. The minimum absolute atomic E-state index is 0.399. The van der Waals surface area contributed by atoms with E-state index in [1.807, 2.05) is 19.9 Å². The van der Waals surface area contributed by atoms with Crippen LogP contribution < -0.4 is 10.6 Å². The van der Waals surface area contributed by atoms with Crippen LogP contribution in [-0.4, -0.2) is 30.6 Å². The summed E-state index contributed by atoms with van der Waals surface area (Å²) in [5.41, 5.74) is 2.18. The van der Waals surface area contributed by atoms with Crippen LogP contribution in [0.4, 0.5) is 4.79 Å². The zero-order valence-corrected chi connectivity index (χ0v) is 12.6. The number of esters is 1. The van der Waals surface area contributed by atoms with Gasteiger partial charge >= 0.3 is 12.0 Å². The Hall–Kier alpha value is -2.37. The van der Waals surface area contributed by atoms with Crippen molar-refractivity contribution >= 4 is 17.9 Å². The molecule has 0 aliphatic heterocycles. The van der Waals surface area contributed by atoms with Crippen molar-refractivity contribution in [2.45, 2.75) is 33.8 Å². The highest BCUT2D eigenvalue weighted by Gasteiger charge is 2.21. The molecule has 6 nitrogen and oxygen atoms in total. The molecular weight excluding hydrogens is 272 g/mol. The summed E-state index contributed by atoms with van der Waals surface area (Å²) in [5.74, 6) is -1.26. The van der Waals surface area contributed by atoms with Gasteiger partial charge in [-0.15, -0.1) is 0 Å². The molecule has 0 fully saturated rings. The molecule has 0 radical (unpaired) electrons. The molecule has 1 rings (SSSR count). The van der Waals surface area contributed by atoms with E-state index < -0.39 is 24.0 Å². The van der Waals surface area contributed by atoms with Gasteiger partial charge in [0.15, 0.2) is 6.10 Å². The molecular formula is C15H20N2O4. The Morgan fingerprint density at radius 1 is 1.24 bits per heavy atom. The van der Waals surface area contributed by atoms with Gasteiger partial charge in [-0.2, -0.15) is 0 Å². The lowest BCUT2D eigenvalue weighted by Gasteiger charge is -2.14. The number of urea groups is 1. The largest absolute Gasteiger partial charge is 0.449 e. The van der Waals surface area contributed by atoms with Crippen LogP contribution in [-0.2, 0) is 9.53 Å². The Morgan fingerprint density at radius 3 is 2.52 bits per heavy atom. The third-order valence-corrected chi connectivity index (χ3v) is 3.05. The second kappa shape index (κ2) is 7.42. The third-order valence-electron chi connectivity index (χ3n) is 3.05. The minimum Gasteiger partial charge on any atom is -0.449 e. The summed E-state index contributed by atoms with van der Waals surface area (Å²) in [4.78, 5) is 35.0. The van der Waals surface area contributed by atoms with Crippen molar-refractivity contribution < 1.29 is 19.1 Å². The summed E-state index contributed by atoms with van der Waals surface area (Å²) in [6.45, 7) is 7.24. The van der Waals surface area contributed by atoms with Crippen molar-refractivity contribution in [1.82, 2.24) is 10.6 Å². The summed E-state index contributed by atoms with van der Waals surface area (Å²) < 4.78 is 5.08. The molecule has 6 heteroatoms. The molecule has 21 heavy (non-hydrogen) atoms. The van der Waals surface area contributed by atoms with E-state index >= 15 is 0 Å². The fourth-order valence-electron chi connectivity index (χ4n) is 1.67. The molecule has 0 aliphatic rings. The lowest BCUT2D eigenvalue weighted by atomic mass is 10.0. The van der Waals surface area contributed by atoms with Gasteiger partial charge in [-0.1, -0.05) is 12.1 Å². The van der Waals surface area contributed by atoms with Crippen LogP contribution in [0, 0.1) is 13.8 Å². The molecule has 1 aromatic rings. The van der Waals surface area contributed by atoms with Crippen LogP contribution in [0.25, 0.3) is 0 Å². The first-order chi connectivity index (χ1) is 9.86. The zero-order valence-electron chi connectivity index (χ0n) is 12.6. The number of imide groups is 1. The Kier molecular flexibility index (Phi) is 5.90. The normalized spacial score (nSPS) is 11.4. The molecule has 0 bridgehead atoms. The Bertz CT molecular complexity index is 555. The summed E-state index contributed by atoms with van der Waals surface area (Å²) >= 11 is 0. The van der Waals surface area contributed by atoms with E-state index in [0.717, 1.165) is 11.1 Å². The van der Waals surface area contributed by atoms with Gasteiger partial charge in [0, 0.05) is 6.54 Å². The number of carbonyl (C=O) groups is 3.